The van der Waals surface area contributed by atoms with Crippen LogP contribution in [0.1, 0.15) is 38.3 Å². The molecule has 0 radical (unpaired) electrons. The zero-order chi connectivity index (χ0) is 19.1. The minimum absolute atomic E-state index is 0.0925. The largest absolute Gasteiger partial charge is 0.493 e. The SMILES string of the molecule is CCOc1ccccc1/C=C/C12NC(=O)CCN1c1ccccc1C2(C)C. The first kappa shape index (κ1) is 17.7. The highest BCUT2D eigenvalue weighted by atomic mass is 16.5. The van der Waals surface area contributed by atoms with Crippen LogP contribution in [0.15, 0.2) is 54.6 Å². The summed E-state index contributed by atoms with van der Waals surface area (Å²) in [4.78, 5) is 14.8. The zero-order valence-corrected chi connectivity index (χ0v) is 16.2. The number of carbonyl (C=O) groups is 1. The lowest BCUT2D eigenvalue weighted by Crippen LogP contribution is -2.68. The van der Waals surface area contributed by atoms with Crippen LogP contribution in [-0.2, 0) is 10.2 Å². The van der Waals surface area contributed by atoms with Gasteiger partial charge in [-0.25, -0.2) is 0 Å². The molecule has 1 N–H and O–H groups in total. The van der Waals surface area contributed by atoms with E-state index in [4.69, 9.17) is 4.74 Å². The van der Waals surface area contributed by atoms with Crippen LogP contribution in [-0.4, -0.2) is 24.7 Å². The maximum absolute atomic E-state index is 12.4. The van der Waals surface area contributed by atoms with Crippen LogP contribution in [0.5, 0.6) is 5.75 Å². The van der Waals surface area contributed by atoms with E-state index in [0.29, 0.717) is 19.6 Å². The first-order chi connectivity index (χ1) is 13.0. The van der Waals surface area contributed by atoms with Crippen molar-refractivity contribution < 1.29 is 9.53 Å². The van der Waals surface area contributed by atoms with Gasteiger partial charge in [0.2, 0.25) is 5.91 Å². The Kier molecular flexibility index (Phi) is 4.22. The fourth-order valence-electron chi connectivity index (χ4n) is 4.43. The van der Waals surface area contributed by atoms with Crippen LogP contribution < -0.4 is 15.0 Å². The summed E-state index contributed by atoms with van der Waals surface area (Å²) in [6, 6.07) is 16.5. The highest BCUT2D eigenvalue weighted by Gasteiger charge is 2.57. The van der Waals surface area contributed by atoms with Crippen LogP contribution in [0.25, 0.3) is 6.08 Å². The van der Waals surface area contributed by atoms with Crippen LogP contribution in [0.3, 0.4) is 0 Å². The van der Waals surface area contributed by atoms with Crippen molar-refractivity contribution in [1.29, 1.82) is 0 Å². The lowest BCUT2D eigenvalue weighted by molar-refractivity contribution is -0.124. The maximum atomic E-state index is 12.4. The molecule has 1 atom stereocenters. The topological polar surface area (TPSA) is 41.6 Å². The Morgan fingerprint density at radius 1 is 1.15 bits per heavy atom. The minimum Gasteiger partial charge on any atom is -0.493 e. The van der Waals surface area contributed by atoms with Crippen molar-refractivity contribution in [3.05, 3.63) is 65.7 Å². The molecule has 1 saturated heterocycles. The first-order valence-electron chi connectivity index (χ1n) is 9.59. The summed E-state index contributed by atoms with van der Waals surface area (Å²) in [5, 5.41) is 3.31. The third-order valence-electron chi connectivity index (χ3n) is 5.86. The number of amides is 1. The number of rotatable bonds is 4. The molecule has 0 bridgehead atoms. The van der Waals surface area contributed by atoms with E-state index in [1.54, 1.807) is 0 Å². The Bertz CT molecular complexity index is 903. The van der Waals surface area contributed by atoms with Gasteiger partial charge in [0.1, 0.15) is 11.4 Å². The molecule has 1 fully saturated rings. The van der Waals surface area contributed by atoms with Gasteiger partial charge in [0.25, 0.3) is 0 Å². The van der Waals surface area contributed by atoms with Gasteiger partial charge in [-0.2, -0.15) is 0 Å². The number of para-hydroxylation sites is 2. The summed E-state index contributed by atoms with van der Waals surface area (Å²) in [5.74, 6) is 0.949. The molecule has 2 heterocycles. The normalized spacial score (nSPS) is 23.1. The van der Waals surface area contributed by atoms with E-state index in [1.807, 2.05) is 31.2 Å². The smallest absolute Gasteiger partial charge is 0.223 e. The minimum atomic E-state index is -0.592. The molecule has 2 aromatic rings. The lowest BCUT2D eigenvalue weighted by Gasteiger charge is -2.49. The maximum Gasteiger partial charge on any atom is 0.223 e. The van der Waals surface area contributed by atoms with E-state index in [2.05, 4.69) is 60.5 Å². The summed E-state index contributed by atoms with van der Waals surface area (Å²) < 4.78 is 5.77. The van der Waals surface area contributed by atoms with Gasteiger partial charge in [0, 0.05) is 29.6 Å². The third-order valence-corrected chi connectivity index (χ3v) is 5.86. The fourth-order valence-corrected chi connectivity index (χ4v) is 4.43. The average molecular weight is 362 g/mol. The molecule has 140 valence electrons. The monoisotopic (exact) mass is 362 g/mol. The molecular formula is C23H26N2O2. The van der Waals surface area contributed by atoms with Gasteiger partial charge in [-0.05, 0) is 30.7 Å². The molecule has 4 heteroatoms. The van der Waals surface area contributed by atoms with E-state index in [-0.39, 0.29) is 11.3 Å². The Morgan fingerprint density at radius 3 is 2.70 bits per heavy atom. The molecule has 2 aromatic carbocycles. The number of hydrogen-bond donors (Lipinski definition) is 1. The van der Waals surface area contributed by atoms with Crippen molar-refractivity contribution in [1.82, 2.24) is 5.32 Å². The van der Waals surface area contributed by atoms with Crippen LogP contribution in [0.2, 0.25) is 0 Å². The summed E-state index contributed by atoms with van der Waals surface area (Å²) >= 11 is 0. The Hall–Kier alpha value is -2.75. The van der Waals surface area contributed by atoms with Gasteiger partial charge >= 0.3 is 0 Å². The molecule has 1 unspecified atom stereocenters. The molecule has 0 aromatic heterocycles. The van der Waals surface area contributed by atoms with E-state index in [1.165, 1.54) is 11.3 Å². The molecule has 0 aliphatic carbocycles. The summed E-state index contributed by atoms with van der Waals surface area (Å²) in [6.45, 7) is 7.73. The van der Waals surface area contributed by atoms with Crippen LogP contribution >= 0.6 is 0 Å². The van der Waals surface area contributed by atoms with Gasteiger partial charge in [-0.3, -0.25) is 4.79 Å². The molecule has 2 aliphatic rings. The molecular weight excluding hydrogens is 336 g/mol. The van der Waals surface area contributed by atoms with Crippen molar-refractivity contribution in [2.45, 2.75) is 38.3 Å². The Morgan fingerprint density at radius 2 is 1.89 bits per heavy atom. The number of anilines is 1. The number of hydrogen-bond acceptors (Lipinski definition) is 3. The van der Waals surface area contributed by atoms with Crippen molar-refractivity contribution in [2.75, 3.05) is 18.1 Å². The third kappa shape index (κ3) is 2.62. The molecule has 4 rings (SSSR count). The van der Waals surface area contributed by atoms with Gasteiger partial charge < -0.3 is 15.0 Å². The molecule has 4 nitrogen and oxygen atoms in total. The number of ether oxygens (including phenoxy) is 1. The van der Waals surface area contributed by atoms with Crippen LogP contribution in [0.4, 0.5) is 5.69 Å². The average Bonchev–Trinajstić information content (AvgIpc) is 2.86. The quantitative estimate of drug-likeness (QED) is 0.890. The Balaban J connectivity index is 1.82. The molecule has 0 spiro atoms. The standard InChI is InChI=1S/C23H26N2O2/c1-4-27-20-12-8-5-9-17(20)13-15-23-22(2,3)18-10-6-7-11-19(18)25(23)16-14-21(26)24-23/h5-13,15H,4,14,16H2,1-3H3,(H,24,26)/b15-13+. The Labute approximate surface area is 160 Å². The van der Waals surface area contributed by atoms with Crippen molar-refractivity contribution in [3.8, 4) is 5.75 Å². The van der Waals surface area contributed by atoms with Gasteiger partial charge in [0.05, 0.1) is 6.61 Å². The van der Waals surface area contributed by atoms with Crippen molar-refractivity contribution in [3.63, 3.8) is 0 Å². The summed E-state index contributed by atoms with van der Waals surface area (Å²) in [5.41, 5.74) is 2.61. The molecule has 27 heavy (non-hydrogen) atoms. The zero-order valence-electron chi connectivity index (χ0n) is 16.2. The second kappa shape index (κ2) is 6.45. The highest BCUT2D eigenvalue weighted by Crippen LogP contribution is 2.52. The van der Waals surface area contributed by atoms with E-state index >= 15 is 0 Å². The fraction of sp³-hybridized carbons (Fsp3) is 0.348. The second-order valence-electron chi connectivity index (χ2n) is 7.66. The number of nitrogens with one attached hydrogen (secondary N) is 1. The first-order valence-corrected chi connectivity index (χ1v) is 9.59. The molecule has 1 amide bonds. The number of carbonyl (C=O) groups excluding carboxylic acids is 1. The van der Waals surface area contributed by atoms with E-state index in [9.17, 15) is 4.79 Å². The second-order valence-corrected chi connectivity index (χ2v) is 7.66. The summed E-state index contributed by atoms with van der Waals surface area (Å²) in [7, 11) is 0. The van der Waals surface area contributed by atoms with E-state index < -0.39 is 5.66 Å². The van der Waals surface area contributed by atoms with Gasteiger partial charge in [-0.1, -0.05) is 56.3 Å². The van der Waals surface area contributed by atoms with Gasteiger partial charge in [-0.15, -0.1) is 0 Å². The molecule has 0 saturated carbocycles. The predicted octanol–water partition coefficient (Wildman–Crippen LogP) is 4.11. The number of nitrogens with zero attached hydrogens (tertiary/aromatic N) is 1. The number of benzene rings is 2. The highest BCUT2D eigenvalue weighted by molar-refractivity contribution is 5.84. The van der Waals surface area contributed by atoms with E-state index in [0.717, 1.165) is 11.3 Å². The molecule has 2 aliphatic heterocycles. The lowest BCUT2D eigenvalue weighted by atomic mass is 9.74. The van der Waals surface area contributed by atoms with Crippen LogP contribution in [0, 0.1) is 0 Å². The van der Waals surface area contributed by atoms with Crippen molar-refractivity contribution >= 4 is 17.7 Å². The van der Waals surface area contributed by atoms with Gasteiger partial charge in [0.15, 0.2) is 0 Å². The predicted molar refractivity (Wildman–Crippen MR) is 109 cm³/mol. The number of fused-ring (bicyclic) bond motifs is 3. The van der Waals surface area contributed by atoms with Crippen molar-refractivity contribution in [2.24, 2.45) is 0 Å². The summed E-state index contributed by atoms with van der Waals surface area (Å²) in [6.07, 6.45) is 4.73.